The van der Waals surface area contributed by atoms with Gasteiger partial charge in [-0.25, -0.2) is 8.51 Å². The van der Waals surface area contributed by atoms with Crippen molar-refractivity contribution in [2.45, 2.75) is 0 Å². The van der Waals surface area contributed by atoms with Crippen LogP contribution < -0.4 is 0 Å². The quantitative estimate of drug-likeness (QED) is 0.454. The lowest BCUT2D eigenvalue weighted by Crippen LogP contribution is -2.31. The van der Waals surface area contributed by atoms with Crippen molar-refractivity contribution in [1.29, 1.82) is 0 Å². The van der Waals surface area contributed by atoms with Crippen molar-refractivity contribution in [2.75, 3.05) is 20.2 Å². The lowest BCUT2D eigenvalue weighted by molar-refractivity contribution is 0.310. The number of likely N-dealkylation sites (N-methyl/N-ethyl adjacent to an activating group) is 1. The van der Waals surface area contributed by atoms with Crippen LogP contribution in [0.25, 0.3) is 0 Å². The minimum atomic E-state index is -1.23. The Morgan fingerprint density at radius 3 is 3.00 bits per heavy atom. The molecule has 4 heteroatoms. The monoisotopic (exact) mass is 147 g/mol. The molecule has 0 saturated carbocycles. The van der Waals surface area contributed by atoms with E-state index in [-0.39, 0.29) is 0 Å². The molecule has 52 valence electrons. The molecule has 3 nitrogen and oxygen atoms in total. The SMILES string of the molecule is C=C1COS(=O)N(C)C1. The Hall–Kier alpha value is -0.190. The van der Waals surface area contributed by atoms with Crippen LogP contribution in [-0.4, -0.2) is 28.7 Å². The van der Waals surface area contributed by atoms with Gasteiger partial charge in [0.25, 0.3) is 0 Å². The Morgan fingerprint density at radius 2 is 2.56 bits per heavy atom. The summed E-state index contributed by atoms with van der Waals surface area (Å²) in [6.07, 6.45) is 0. The molecule has 0 bridgehead atoms. The van der Waals surface area contributed by atoms with Crippen molar-refractivity contribution in [2.24, 2.45) is 0 Å². The summed E-state index contributed by atoms with van der Waals surface area (Å²) in [7, 11) is 1.74. The second-order valence-electron chi connectivity index (χ2n) is 2.02. The summed E-state index contributed by atoms with van der Waals surface area (Å²) < 4.78 is 17.1. The van der Waals surface area contributed by atoms with E-state index in [9.17, 15) is 4.21 Å². The van der Waals surface area contributed by atoms with Gasteiger partial charge in [0.1, 0.15) is 0 Å². The largest absolute Gasteiger partial charge is 0.274 e. The summed E-state index contributed by atoms with van der Waals surface area (Å²) in [5, 5.41) is 0. The number of nitrogens with zero attached hydrogens (tertiary/aromatic N) is 1. The van der Waals surface area contributed by atoms with E-state index in [0.717, 1.165) is 5.57 Å². The highest BCUT2D eigenvalue weighted by Gasteiger charge is 2.15. The van der Waals surface area contributed by atoms with Crippen molar-refractivity contribution in [3.63, 3.8) is 0 Å². The highest BCUT2D eigenvalue weighted by Crippen LogP contribution is 2.07. The molecule has 0 aromatic carbocycles. The van der Waals surface area contributed by atoms with Crippen LogP contribution >= 0.6 is 0 Å². The summed E-state index contributed by atoms with van der Waals surface area (Å²) >= 11 is -1.23. The van der Waals surface area contributed by atoms with Gasteiger partial charge in [0.05, 0.1) is 6.61 Å². The van der Waals surface area contributed by atoms with Gasteiger partial charge in [-0.1, -0.05) is 6.58 Å². The number of hydrogen-bond acceptors (Lipinski definition) is 2. The Bertz CT molecular complexity index is 157. The summed E-state index contributed by atoms with van der Waals surface area (Å²) in [5.41, 5.74) is 0.970. The second-order valence-corrected chi connectivity index (χ2v) is 3.31. The van der Waals surface area contributed by atoms with Gasteiger partial charge in [0.2, 0.25) is 11.3 Å². The molecule has 0 spiro atoms. The van der Waals surface area contributed by atoms with E-state index in [0.29, 0.717) is 13.2 Å². The smallest absolute Gasteiger partial charge is 0.237 e. The van der Waals surface area contributed by atoms with Crippen LogP contribution in [0.1, 0.15) is 0 Å². The highest BCUT2D eigenvalue weighted by molar-refractivity contribution is 7.77. The predicted octanol–water partition coefficient (Wildman–Crippen LogP) is 0.0833. The molecule has 1 saturated heterocycles. The molecule has 0 N–H and O–H groups in total. The van der Waals surface area contributed by atoms with E-state index in [1.807, 2.05) is 0 Å². The molecule has 1 fully saturated rings. The third-order valence-corrected chi connectivity index (χ3v) is 2.02. The molecule has 1 rings (SSSR count). The molecular formula is C5H9NO2S. The lowest BCUT2D eigenvalue weighted by Gasteiger charge is -2.21. The maximum absolute atomic E-state index is 10.7. The molecule has 9 heavy (non-hydrogen) atoms. The van der Waals surface area contributed by atoms with Gasteiger partial charge in [0, 0.05) is 13.6 Å². The van der Waals surface area contributed by atoms with Crippen LogP contribution in [0.5, 0.6) is 0 Å². The molecule has 1 aliphatic rings. The molecule has 1 aliphatic heterocycles. The fraction of sp³-hybridized carbons (Fsp3) is 0.600. The van der Waals surface area contributed by atoms with Gasteiger partial charge in [-0.15, -0.1) is 0 Å². The van der Waals surface area contributed by atoms with Crippen LogP contribution in [0.4, 0.5) is 0 Å². The van der Waals surface area contributed by atoms with Crippen molar-refractivity contribution in [3.05, 3.63) is 12.2 Å². The van der Waals surface area contributed by atoms with Gasteiger partial charge < -0.3 is 0 Å². The topological polar surface area (TPSA) is 29.5 Å². The fourth-order valence-electron chi connectivity index (χ4n) is 0.637. The molecular weight excluding hydrogens is 138 g/mol. The van der Waals surface area contributed by atoms with Crippen molar-refractivity contribution in [3.8, 4) is 0 Å². The van der Waals surface area contributed by atoms with Crippen LogP contribution in [-0.2, 0) is 15.4 Å². The zero-order chi connectivity index (χ0) is 6.85. The molecule has 1 atom stereocenters. The molecule has 0 amide bonds. The lowest BCUT2D eigenvalue weighted by atomic mass is 10.3. The molecule has 0 radical (unpaired) electrons. The minimum absolute atomic E-state index is 0.428. The number of hydrogen-bond donors (Lipinski definition) is 0. The van der Waals surface area contributed by atoms with Gasteiger partial charge in [-0.2, -0.15) is 0 Å². The molecule has 1 unspecified atom stereocenters. The Labute approximate surface area is 57.1 Å². The second kappa shape index (κ2) is 2.60. The summed E-state index contributed by atoms with van der Waals surface area (Å²) in [6.45, 7) is 4.80. The molecule has 1 heterocycles. The standard InChI is InChI=1S/C5H9NO2S/c1-5-3-6(2)9(7)8-4-5/h1,3-4H2,2H3. The van der Waals surface area contributed by atoms with Gasteiger partial charge in [0.15, 0.2) is 0 Å². The molecule has 0 aromatic heterocycles. The summed E-state index contributed by atoms with van der Waals surface area (Å²) in [6, 6.07) is 0. The minimum Gasteiger partial charge on any atom is -0.274 e. The average molecular weight is 147 g/mol. The van der Waals surface area contributed by atoms with Crippen LogP contribution in [0.3, 0.4) is 0 Å². The van der Waals surface area contributed by atoms with E-state index < -0.39 is 11.3 Å². The Balaban J connectivity index is 2.54. The number of rotatable bonds is 0. The maximum atomic E-state index is 10.7. The zero-order valence-corrected chi connectivity index (χ0v) is 6.11. The Kier molecular flexibility index (Phi) is 2.00. The average Bonchev–Trinajstić information content (AvgIpc) is 1.80. The highest BCUT2D eigenvalue weighted by atomic mass is 32.2. The van der Waals surface area contributed by atoms with Crippen molar-refractivity contribution < 1.29 is 8.39 Å². The third-order valence-electron chi connectivity index (χ3n) is 1.06. The first-order valence-electron chi connectivity index (χ1n) is 2.63. The van der Waals surface area contributed by atoms with Crippen LogP contribution in [0.15, 0.2) is 12.2 Å². The first kappa shape index (κ1) is 6.92. The van der Waals surface area contributed by atoms with Gasteiger partial charge >= 0.3 is 0 Å². The summed E-state index contributed by atoms with van der Waals surface area (Å²) in [5.74, 6) is 0. The van der Waals surface area contributed by atoms with E-state index in [4.69, 9.17) is 4.18 Å². The van der Waals surface area contributed by atoms with Crippen molar-refractivity contribution >= 4 is 11.3 Å². The molecule has 0 aliphatic carbocycles. The predicted molar refractivity (Wildman–Crippen MR) is 35.9 cm³/mol. The van der Waals surface area contributed by atoms with E-state index >= 15 is 0 Å². The first-order valence-corrected chi connectivity index (χ1v) is 3.66. The Morgan fingerprint density at radius 1 is 1.89 bits per heavy atom. The van der Waals surface area contributed by atoms with Crippen LogP contribution in [0.2, 0.25) is 0 Å². The van der Waals surface area contributed by atoms with E-state index in [2.05, 4.69) is 6.58 Å². The van der Waals surface area contributed by atoms with E-state index in [1.165, 1.54) is 0 Å². The van der Waals surface area contributed by atoms with Gasteiger partial charge in [-0.3, -0.25) is 4.18 Å². The zero-order valence-electron chi connectivity index (χ0n) is 5.29. The summed E-state index contributed by atoms with van der Waals surface area (Å²) in [4.78, 5) is 0. The first-order chi connectivity index (χ1) is 4.20. The van der Waals surface area contributed by atoms with Crippen molar-refractivity contribution in [1.82, 2.24) is 4.31 Å². The fourth-order valence-corrected chi connectivity index (χ4v) is 1.37. The third kappa shape index (κ3) is 1.61. The maximum Gasteiger partial charge on any atom is 0.237 e. The normalized spacial score (nSPS) is 30.8. The van der Waals surface area contributed by atoms with Gasteiger partial charge in [-0.05, 0) is 5.57 Å². The molecule has 0 aromatic rings. The van der Waals surface area contributed by atoms with E-state index in [1.54, 1.807) is 11.4 Å². The van der Waals surface area contributed by atoms with Crippen LogP contribution in [0, 0.1) is 0 Å².